The van der Waals surface area contributed by atoms with E-state index in [1.807, 2.05) is 24.3 Å². The number of carboxylic acids is 2. The Kier molecular flexibility index (Phi) is 23.5. The number of thioether (sulfide) groups is 2. The Morgan fingerprint density at radius 2 is 0.780 bits per heavy atom. The smallest absolute Gasteiger partial charge is 0.336 e. The van der Waals surface area contributed by atoms with Crippen LogP contribution in [0.5, 0.6) is 0 Å². The first kappa shape index (κ1) is 44.5. The van der Waals surface area contributed by atoms with Crippen molar-refractivity contribution < 1.29 is 19.8 Å². The predicted octanol–water partition coefficient (Wildman–Crippen LogP) is 13.8. The fourth-order valence-electron chi connectivity index (χ4n) is 4.76. The zero-order valence-electron chi connectivity index (χ0n) is 31.7. The highest BCUT2D eigenvalue weighted by Crippen LogP contribution is 2.25. The van der Waals surface area contributed by atoms with Gasteiger partial charge in [-0.25, -0.2) is 9.59 Å². The number of allylic oxidation sites excluding steroid dienone is 10. The molecule has 0 radical (unpaired) electrons. The second-order valence-electron chi connectivity index (χ2n) is 13.1. The van der Waals surface area contributed by atoms with Gasteiger partial charge in [0.2, 0.25) is 0 Å². The Morgan fingerprint density at radius 1 is 0.480 bits per heavy atom. The minimum absolute atomic E-state index is 0.383. The number of benzene rings is 2. The minimum atomic E-state index is -0.863. The van der Waals surface area contributed by atoms with Gasteiger partial charge in [0.1, 0.15) is 0 Å². The first-order valence-electron chi connectivity index (χ1n) is 17.6. The summed E-state index contributed by atoms with van der Waals surface area (Å²) in [5.74, 6) is -0.117. The van der Waals surface area contributed by atoms with E-state index in [-0.39, 0.29) is 0 Å². The van der Waals surface area contributed by atoms with Gasteiger partial charge < -0.3 is 10.2 Å². The van der Waals surface area contributed by atoms with Gasteiger partial charge in [-0.3, -0.25) is 0 Å². The molecular weight excluding hydrogens is 657 g/mol. The molecule has 0 aliphatic rings. The van der Waals surface area contributed by atoms with Gasteiger partial charge in [-0.2, -0.15) is 0 Å². The molecule has 0 bridgehead atoms. The van der Waals surface area contributed by atoms with Gasteiger partial charge in [-0.1, -0.05) is 94.2 Å². The zero-order valence-corrected chi connectivity index (χ0v) is 33.3. The lowest BCUT2D eigenvalue weighted by Crippen LogP contribution is -1.98. The lowest BCUT2D eigenvalue weighted by atomic mass is 10.1. The Morgan fingerprint density at radius 3 is 1.10 bits per heavy atom. The number of carbonyl (C=O) groups is 2. The van der Waals surface area contributed by atoms with Crippen molar-refractivity contribution in [2.24, 2.45) is 0 Å². The zero-order chi connectivity index (χ0) is 37.3. The molecule has 2 aromatic carbocycles. The normalized spacial score (nSPS) is 12.2. The molecule has 0 aliphatic carbocycles. The highest BCUT2D eigenvalue weighted by molar-refractivity contribution is 7.99. The van der Waals surface area contributed by atoms with E-state index >= 15 is 0 Å². The molecule has 0 atom stereocenters. The number of hydrogen-bond donors (Lipinski definition) is 2. The van der Waals surface area contributed by atoms with E-state index in [0.29, 0.717) is 11.1 Å². The van der Waals surface area contributed by atoms with Crippen LogP contribution >= 0.6 is 23.5 Å². The second-order valence-corrected chi connectivity index (χ2v) is 15.3. The summed E-state index contributed by atoms with van der Waals surface area (Å²) in [4.78, 5) is 24.1. The van der Waals surface area contributed by atoms with Crippen molar-refractivity contribution in [3.05, 3.63) is 130 Å². The lowest BCUT2D eigenvalue weighted by molar-refractivity contribution is 0.0682. The summed E-state index contributed by atoms with van der Waals surface area (Å²) in [6.07, 6.45) is 22.4. The van der Waals surface area contributed by atoms with E-state index in [1.165, 1.54) is 33.4 Å². The first-order chi connectivity index (χ1) is 23.8. The van der Waals surface area contributed by atoms with Crippen LogP contribution in [0, 0.1) is 0 Å². The van der Waals surface area contributed by atoms with Gasteiger partial charge in [-0.15, -0.1) is 23.5 Å². The topological polar surface area (TPSA) is 74.6 Å². The van der Waals surface area contributed by atoms with E-state index in [0.717, 1.165) is 72.7 Å². The van der Waals surface area contributed by atoms with Crippen molar-refractivity contribution in [2.75, 3.05) is 11.5 Å². The molecule has 0 aliphatic heterocycles. The minimum Gasteiger partial charge on any atom is -0.478 e. The molecule has 0 unspecified atom stereocenters. The Hall–Kier alpha value is -3.48. The van der Waals surface area contributed by atoms with Crippen molar-refractivity contribution in [1.82, 2.24) is 0 Å². The van der Waals surface area contributed by atoms with Crippen LogP contribution in [0.1, 0.15) is 127 Å². The van der Waals surface area contributed by atoms with Crippen molar-refractivity contribution in [2.45, 2.75) is 117 Å². The number of carboxylic acid groups (broad SMARTS) is 2. The van der Waals surface area contributed by atoms with Gasteiger partial charge in [0.05, 0.1) is 11.1 Å². The molecule has 2 rings (SSSR count). The van der Waals surface area contributed by atoms with Crippen molar-refractivity contribution >= 4 is 35.5 Å². The van der Waals surface area contributed by atoms with E-state index in [1.54, 1.807) is 47.8 Å². The summed E-state index contributed by atoms with van der Waals surface area (Å²) in [6, 6.07) is 14.4. The largest absolute Gasteiger partial charge is 0.478 e. The molecule has 0 heterocycles. The third-order valence-electron chi connectivity index (χ3n) is 7.82. The molecule has 0 fully saturated rings. The van der Waals surface area contributed by atoms with Gasteiger partial charge in [0, 0.05) is 21.3 Å². The Labute approximate surface area is 311 Å². The standard InChI is InChI=1S/2C22H30O2S/c2*1-17(2)9-7-10-18(3)11-8-12-19(4)15-16-25-21-14-6-5-13-20(21)22(23)24/h2*5-6,9,11,13-15H,7-8,10,12,16H2,1-4H3,(H,23,24)/b2*18-11+,19-15+. The molecule has 272 valence electrons. The molecule has 0 spiro atoms. The van der Waals surface area contributed by atoms with Crippen LogP contribution < -0.4 is 0 Å². The number of rotatable bonds is 20. The summed E-state index contributed by atoms with van der Waals surface area (Å²) in [5, 5.41) is 18.4. The van der Waals surface area contributed by atoms with E-state index in [4.69, 9.17) is 0 Å². The molecule has 2 N–H and O–H groups in total. The molecule has 50 heavy (non-hydrogen) atoms. The highest BCUT2D eigenvalue weighted by Gasteiger charge is 2.09. The van der Waals surface area contributed by atoms with Gasteiger partial charge in [0.25, 0.3) is 0 Å². The van der Waals surface area contributed by atoms with Crippen LogP contribution in [0.3, 0.4) is 0 Å². The molecule has 0 aromatic heterocycles. The quantitative estimate of drug-likeness (QED) is 0.105. The highest BCUT2D eigenvalue weighted by atomic mass is 32.2. The van der Waals surface area contributed by atoms with Crippen molar-refractivity contribution in [1.29, 1.82) is 0 Å². The summed E-state index contributed by atoms with van der Waals surface area (Å²) in [5.41, 5.74) is 9.15. The molecule has 6 heteroatoms. The van der Waals surface area contributed by atoms with Crippen LogP contribution in [0.25, 0.3) is 0 Å². The fourth-order valence-corrected chi connectivity index (χ4v) is 6.83. The molecule has 4 nitrogen and oxygen atoms in total. The SMILES string of the molecule is CC(C)=CCC/C(C)=C/CC/C(C)=C/CSc1ccccc1C(=O)O.CC(C)=CCC/C(C)=C/CC/C(C)=C/CSc1ccccc1C(=O)O. The van der Waals surface area contributed by atoms with Gasteiger partial charge in [-0.05, 0) is 131 Å². The first-order valence-corrected chi connectivity index (χ1v) is 19.6. The van der Waals surface area contributed by atoms with Crippen LogP contribution in [0.2, 0.25) is 0 Å². The number of hydrogen-bond acceptors (Lipinski definition) is 4. The van der Waals surface area contributed by atoms with Crippen LogP contribution in [-0.2, 0) is 0 Å². The Balaban J connectivity index is 0.000000500. The van der Waals surface area contributed by atoms with Gasteiger partial charge >= 0.3 is 11.9 Å². The maximum absolute atomic E-state index is 11.2. The maximum Gasteiger partial charge on any atom is 0.336 e. The molecular formula is C44H60O4S2. The monoisotopic (exact) mass is 716 g/mol. The fraction of sp³-hybridized carbons (Fsp3) is 0.409. The molecule has 2 aromatic rings. The summed E-state index contributed by atoms with van der Waals surface area (Å²) in [6.45, 7) is 17.3. The van der Waals surface area contributed by atoms with E-state index < -0.39 is 11.9 Å². The predicted molar refractivity (Wildman–Crippen MR) is 219 cm³/mol. The average Bonchev–Trinajstić information content (AvgIpc) is 3.05. The van der Waals surface area contributed by atoms with Crippen molar-refractivity contribution in [3.8, 4) is 0 Å². The Bertz CT molecular complexity index is 1410. The van der Waals surface area contributed by atoms with Crippen LogP contribution in [0.15, 0.2) is 128 Å². The number of aromatic carboxylic acids is 2. The molecule has 0 saturated heterocycles. The van der Waals surface area contributed by atoms with E-state index in [9.17, 15) is 19.8 Å². The van der Waals surface area contributed by atoms with Crippen LogP contribution in [0.4, 0.5) is 0 Å². The average molecular weight is 717 g/mol. The summed E-state index contributed by atoms with van der Waals surface area (Å²) >= 11 is 3.16. The molecule has 0 amide bonds. The third kappa shape index (κ3) is 21.6. The summed E-state index contributed by atoms with van der Waals surface area (Å²) in [7, 11) is 0. The third-order valence-corrected chi connectivity index (χ3v) is 9.82. The lowest BCUT2D eigenvalue weighted by Gasteiger charge is -2.04. The van der Waals surface area contributed by atoms with Crippen LogP contribution in [-0.4, -0.2) is 33.7 Å². The molecule has 0 saturated carbocycles. The van der Waals surface area contributed by atoms with Gasteiger partial charge in [0.15, 0.2) is 0 Å². The second kappa shape index (κ2) is 26.3. The summed E-state index contributed by atoms with van der Waals surface area (Å²) < 4.78 is 0. The van der Waals surface area contributed by atoms with Crippen molar-refractivity contribution in [3.63, 3.8) is 0 Å². The maximum atomic E-state index is 11.2. The van der Waals surface area contributed by atoms with E-state index in [2.05, 4.69) is 91.8 Å².